The van der Waals surface area contributed by atoms with Crippen LogP contribution in [0.1, 0.15) is 11.1 Å². The molecule has 0 saturated heterocycles. The summed E-state index contributed by atoms with van der Waals surface area (Å²) in [4.78, 5) is 35.6. The number of isocyanates is 1. The van der Waals surface area contributed by atoms with Gasteiger partial charge < -0.3 is 14.6 Å². The van der Waals surface area contributed by atoms with E-state index >= 15 is 0 Å². The zero-order valence-electron chi connectivity index (χ0n) is 15.2. The number of benzene rings is 2. The Bertz CT molecular complexity index is 1340. The molecule has 0 saturated carbocycles. The van der Waals surface area contributed by atoms with Crippen LogP contribution in [0.15, 0.2) is 71.9 Å². The number of nitrogens with two attached hydrogens (primary N) is 1. The molecular formula is C21H16N2O5. The molecule has 0 unspecified atom stereocenters. The predicted octanol–water partition coefficient (Wildman–Crippen LogP) is 3.75. The molecule has 0 amide bonds. The Labute approximate surface area is 158 Å². The first-order valence-electron chi connectivity index (χ1n) is 8.30. The van der Waals surface area contributed by atoms with Gasteiger partial charge >= 0.3 is 11.3 Å². The monoisotopic (exact) mass is 376 g/mol. The van der Waals surface area contributed by atoms with E-state index in [4.69, 9.17) is 14.6 Å². The van der Waals surface area contributed by atoms with E-state index in [1.165, 1.54) is 24.3 Å². The van der Waals surface area contributed by atoms with E-state index in [1.54, 1.807) is 24.3 Å². The number of nitrogens with zero attached hydrogens (tertiary/aromatic N) is 1. The number of hydrogen-bond donors (Lipinski definition) is 1. The number of anilines is 1. The van der Waals surface area contributed by atoms with Gasteiger partial charge in [-0.1, -0.05) is 0 Å². The Kier molecular flexibility index (Phi) is 5.20. The lowest BCUT2D eigenvalue weighted by atomic mass is 10.1. The number of fused-ring (bicyclic) bond motifs is 2. The molecule has 0 radical (unpaired) electrons. The molecule has 0 spiro atoms. The SMILES string of the molecule is Cc1cc(=O)oc2cc(N)ccc12.Cc1cc(=O)oc2cc(N=C=O)ccc12. The van der Waals surface area contributed by atoms with Gasteiger partial charge in [0.25, 0.3) is 0 Å². The number of carbonyl (C=O) groups excluding carboxylic acids is 1. The molecule has 0 aliphatic heterocycles. The highest BCUT2D eigenvalue weighted by Gasteiger charge is 2.03. The van der Waals surface area contributed by atoms with Gasteiger partial charge in [-0.25, -0.2) is 14.4 Å². The molecule has 4 aromatic rings. The van der Waals surface area contributed by atoms with Crippen LogP contribution < -0.4 is 17.0 Å². The molecule has 7 heteroatoms. The zero-order chi connectivity index (χ0) is 20.3. The molecule has 7 nitrogen and oxygen atoms in total. The maximum atomic E-state index is 11.1. The van der Waals surface area contributed by atoms with Gasteiger partial charge in [0.05, 0.1) is 5.69 Å². The van der Waals surface area contributed by atoms with Gasteiger partial charge in [0.1, 0.15) is 11.2 Å². The molecule has 0 bridgehead atoms. The molecule has 2 aromatic carbocycles. The van der Waals surface area contributed by atoms with Crippen LogP contribution in [0.5, 0.6) is 0 Å². The van der Waals surface area contributed by atoms with Crippen LogP contribution in [-0.4, -0.2) is 6.08 Å². The summed E-state index contributed by atoms with van der Waals surface area (Å²) >= 11 is 0. The van der Waals surface area contributed by atoms with E-state index in [9.17, 15) is 14.4 Å². The van der Waals surface area contributed by atoms with E-state index in [-0.39, 0.29) is 5.63 Å². The van der Waals surface area contributed by atoms with Crippen molar-refractivity contribution in [1.29, 1.82) is 0 Å². The predicted molar refractivity (Wildman–Crippen MR) is 107 cm³/mol. The second kappa shape index (κ2) is 7.73. The van der Waals surface area contributed by atoms with Crippen LogP contribution in [0.25, 0.3) is 21.9 Å². The van der Waals surface area contributed by atoms with Crippen molar-refractivity contribution in [3.8, 4) is 0 Å². The lowest BCUT2D eigenvalue weighted by Crippen LogP contribution is -1.98. The fourth-order valence-electron chi connectivity index (χ4n) is 2.78. The van der Waals surface area contributed by atoms with Gasteiger partial charge in [-0.05, 0) is 49.2 Å². The van der Waals surface area contributed by atoms with Crippen LogP contribution >= 0.6 is 0 Å². The maximum absolute atomic E-state index is 11.1. The standard InChI is InChI=1S/C11H7NO3.C10H9NO2/c1-7-4-11(14)15-10-5-8(12-6-13)2-3-9(7)10;1-6-4-10(12)13-9-5-7(11)2-3-8(6)9/h2-5H,1H3;2-5H,11H2,1H3. The molecule has 2 N–H and O–H groups in total. The second-order valence-corrected chi connectivity index (χ2v) is 6.14. The Morgan fingerprint density at radius 3 is 1.93 bits per heavy atom. The fraction of sp³-hybridized carbons (Fsp3) is 0.0952. The number of aryl methyl sites for hydroxylation is 2. The summed E-state index contributed by atoms with van der Waals surface area (Å²) < 4.78 is 9.97. The average Bonchev–Trinajstić information content (AvgIpc) is 2.61. The summed E-state index contributed by atoms with van der Waals surface area (Å²) in [5, 5.41) is 1.76. The Morgan fingerprint density at radius 1 is 0.821 bits per heavy atom. The van der Waals surface area contributed by atoms with E-state index in [2.05, 4.69) is 4.99 Å². The van der Waals surface area contributed by atoms with Gasteiger partial charge in [0.2, 0.25) is 6.08 Å². The molecule has 140 valence electrons. The molecule has 4 rings (SSSR count). The molecule has 2 heterocycles. The van der Waals surface area contributed by atoms with Crippen LogP contribution in [0.3, 0.4) is 0 Å². The Balaban J connectivity index is 0.000000162. The summed E-state index contributed by atoms with van der Waals surface area (Å²) in [7, 11) is 0. The van der Waals surface area contributed by atoms with E-state index < -0.39 is 5.63 Å². The van der Waals surface area contributed by atoms with Crippen molar-refractivity contribution in [2.24, 2.45) is 4.99 Å². The van der Waals surface area contributed by atoms with Crippen molar-refractivity contribution >= 4 is 39.4 Å². The molecule has 2 aromatic heterocycles. The fourth-order valence-corrected chi connectivity index (χ4v) is 2.78. The number of nitrogen functional groups attached to an aromatic ring is 1. The summed E-state index contributed by atoms with van der Waals surface area (Å²) in [6, 6.07) is 13.1. The van der Waals surface area contributed by atoms with Gasteiger partial charge in [-0.2, -0.15) is 4.99 Å². The molecular weight excluding hydrogens is 360 g/mol. The molecule has 0 aliphatic carbocycles. The molecule has 0 atom stereocenters. The van der Waals surface area contributed by atoms with Gasteiger partial charge in [0, 0.05) is 40.7 Å². The quantitative estimate of drug-likeness (QED) is 0.234. The molecule has 28 heavy (non-hydrogen) atoms. The smallest absolute Gasteiger partial charge is 0.336 e. The third-order valence-electron chi connectivity index (χ3n) is 4.09. The minimum Gasteiger partial charge on any atom is -0.423 e. The summed E-state index contributed by atoms with van der Waals surface area (Å²) in [5.41, 5.74) is 8.55. The first-order chi connectivity index (χ1) is 13.4. The van der Waals surface area contributed by atoms with Gasteiger partial charge in [-0.3, -0.25) is 0 Å². The van der Waals surface area contributed by atoms with Crippen molar-refractivity contribution in [2.45, 2.75) is 13.8 Å². The van der Waals surface area contributed by atoms with Gasteiger partial charge in [0.15, 0.2) is 0 Å². The highest BCUT2D eigenvalue weighted by molar-refractivity contribution is 5.83. The maximum Gasteiger partial charge on any atom is 0.336 e. The minimum absolute atomic E-state index is 0.337. The first kappa shape index (κ1) is 18.8. The van der Waals surface area contributed by atoms with E-state index in [0.717, 1.165) is 21.9 Å². The summed E-state index contributed by atoms with van der Waals surface area (Å²) in [6.07, 6.45) is 1.43. The largest absolute Gasteiger partial charge is 0.423 e. The van der Waals surface area contributed by atoms with Crippen molar-refractivity contribution in [3.05, 3.63) is 80.5 Å². The van der Waals surface area contributed by atoms with Crippen molar-refractivity contribution < 1.29 is 13.6 Å². The van der Waals surface area contributed by atoms with Crippen molar-refractivity contribution in [3.63, 3.8) is 0 Å². The van der Waals surface area contributed by atoms with Gasteiger partial charge in [-0.15, -0.1) is 0 Å². The summed E-state index contributed by atoms with van der Waals surface area (Å²) in [6.45, 7) is 3.69. The molecule has 0 aliphatic rings. The minimum atomic E-state index is -0.410. The number of rotatable bonds is 1. The number of aliphatic imine (C=N–C) groups is 1. The van der Waals surface area contributed by atoms with Crippen molar-refractivity contribution in [1.82, 2.24) is 0 Å². The van der Waals surface area contributed by atoms with Crippen LogP contribution in [0, 0.1) is 13.8 Å². The lowest BCUT2D eigenvalue weighted by Gasteiger charge is -2.00. The highest BCUT2D eigenvalue weighted by Crippen LogP contribution is 2.22. The normalized spacial score (nSPS) is 10.2. The second-order valence-electron chi connectivity index (χ2n) is 6.14. The van der Waals surface area contributed by atoms with E-state index in [0.29, 0.717) is 22.5 Å². The third kappa shape index (κ3) is 4.06. The third-order valence-corrected chi connectivity index (χ3v) is 4.09. The van der Waals surface area contributed by atoms with Crippen LogP contribution in [0.2, 0.25) is 0 Å². The van der Waals surface area contributed by atoms with Crippen molar-refractivity contribution in [2.75, 3.05) is 5.73 Å². The van der Waals surface area contributed by atoms with Crippen LogP contribution in [-0.2, 0) is 4.79 Å². The summed E-state index contributed by atoms with van der Waals surface area (Å²) in [5.74, 6) is 0. The Hall–Kier alpha value is -3.96. The number of hydrogen-bond acceptors (Lipinski definition) is 7. The highest BCUT2D eigenvalue weighted by atomic mass is 16.4. The van der Waals surface area contributed by atoms with E-state index in [1.807, 2.05) is 19.9 Å². The van der Waals surface area contributed by atoms with Crippen LogP contribution in [0.4, 0.5) is 11.4 Å². The first-order valence-corrected chi connectivity index (χ1v) is 8.30. The topological polar surface area (TPSA) is 116 Å². The Morgan fingerprint density at radius 2 is 1.36 bits per heavy atom. The molecule has 0 fully saturated rings. The zero-order valence-corrected chi connectivity index (χ0v) is 15.2. The average molecular weight is 376 g/mol. The lowest BCUT2D eigenvalue weighted by molar-refractivity contribution is 0.559.